The summed E-state index contributed by atoms with van der Waals surface area (Å²) in [6, 6.07) is 15.9. The first-order valence-electron chi connectivity index (χ1n) is 6.07. The smallest absolute Gasteiger partial charge is 0.132 e. The first-order chi connectivity index (χ1) is 9.81. The fourth-order valence-electron chi connectivity index (χ4n) is 1.74. The summed E-state index contributed by atoms with van der Waals surface area (Å²) in [5, 5.41) is 0. The number of hydrogen-bond donors (Lipinski definition) is 1. The van der Waals surface area contributed by atoms with Crippen LogP contribution in [0.4, 0.5) is 4.39 Å². The van der Waals surface area contributed by atoms with Gasteiger partial charge in [0.05, 0.1) is 18.9 Å². The van der Waals surface area contributed by atoms with Crippen LogP contribution in [0.5, 0.6) is 0 Å². The molecule has 0 aliphatic rings. The average molecular weight is 291 g/mol. The van der Waals surface area contributed by atoms with Gasteiger partial charge in [0.25, 0.3) is 0 Å². The zero-order valence-corrected chi connectivity index (χ0v) is 11.6. The van der Waals surface area contributed by atoms with Crippen molar-refractivity contribution in [3.63, 3.8) is 0 Å². The van der Waals surface area contributed by atoms with E-state index in [1.807, 2.05) is 30.3 Å². The summed E-state index contributed by atoms with van der Waals surface area (Å²) >= 11 is -0.410. The first-order valence-corrected chi connectivity index (χ1v) is 6.83. The fourth-order valence-corrected chi connectivity index (χ4v) is 2.01. The zero-order chi connectivity index (χ0) is 14.2. The minimum atomic E-state index is -0.410. The molecular weight excluding hydrogens is 277 g/mol. The second-order valence-electron chi connectivity index (χ2n) is 4.09. The number of halogens is 1. The number of nitrogens with zero attached hydrogens (tertiary/aromatic N) is 1. The normalized spacial score (nSPS) is 11.6. The van der Waals surface area contributed by atoms with Gasteiger partial charge in [-0.15, -0.1) is 0 Å². The monoisotopic (exact) mass is 291 g/mol. The molecule has 0 N–H and O–H groups in total. The van der Waals surface area contributed by atoms with Gasteiger partial charge in [0.1, 0.15) is 17.7 Å². The van der Waals surface area contributed by atoms with Crippen LogP contribution in [-0.4, -0.2) is 16.5 Å². The summed E-state index contributed by atoms with van der Waals surface area (Å²) in [7, 11) is 0. The van der Waals surface area contributed by atoms with Crippen LogP contribution < -0.4 is 0 Å². The Kier molecular flexibility index (Phi) is 5.58. The van der Waals surface area contributed by atoms with E-state index in [9.17, 15) is 8.60 Å². The fraction of sp³-hybridized carbons (Fsp3) is 0.133. The van der Waals surface area contributed by atoms with Crippen LogP contribution in [0.2, 0.25) is 0 Å². The molecule has 3 nitrogen and oxygen atoms in total. The van der Waals surface area contributed by atoms with Crippen molar-refractivity contribution in [3.05, 3.63) is 71.5 Å². The van der Waals surface area contributed by atoms with Crippen molar-refractivity contribution in [2.75, 3.05) is 6.61 Å². The highest BCUT2D eigenvalue weighted by molar-refractivity contribution is 7.64. The molecule has 0 aliphatic carbocycles. The molecule has 0 bridgehead atoms. The van der Waals surface area contributed by atoms with Crippen molar-refractivity contribution >= 4 is 17.6 Å². The Hall–Kier alpha value is -1.85. The summed E-state index contributed by atoms with van der Waals surface area (Å²) in [4.78, 5) is 0. The van der Waals surface area contributed by atoms with Crippen LogP contribution in [0.1, 0.15) is 11.1 Å². The van der Waals surface area contributed by atoms with E-state index < -0.39 is 17.7 Å². The Morgan fingerprint density at radius 2 is 1.80 bits per heavy atom. The molecule has 0 unspecified atom stereocenters. The molecule has 0 saturated carbocycles. The SMILES string of the molecule is O=[SH]/N=C(\COCc1ccccc1)c1ccccc1F. The molecule has 0 atom stereocenters. The first kappa shape index (κ1) is 14.6. The van der Waals surface area contributed by atoms with Crippen molar-refractivity contribution in [1.29, 1.82) is 0 Å². The van der Waals surface area contributed by atoms with Gasteiger partial charge >= 0.3 is 0 Å². The van der Waals surface area contributed by atoms with Crippen molar-refractivity contribution in [2.45, 2.75) is 6.61 Å². The van der Waals surface area contributed by atoms with E-state index in [1.165, 1.54) is 6.07 Å². The predicted octanol–water partition coefficient (Wildman–Crippen LogP) is 2.69. The van der Waals surface area contributed by atoms with E-state index >= 15 is 0 Å². The molecule has 2 rings (SSSR count). The summed E-state index contributed by atoms with van der Waals surface area (Å²) in [6.07, 6.45) is 0. The van der Waals surface area contributed by atoms with Crippen LogP contribution >= 0.6 is 0 Å². The minimum Gasteiger partial charge on any atom is -0.370 e. The Morgan fingerprint density at radius 3 is 2.50 bits per heavy atom. The van der Waals surface area contributed by atoms with E-state index in [4.69, 9.17) is 4.74 Å². The van der Waals surface area contributed by atoms with Gasteiger partial charge in [-0.3, -0.25) is 0 Å². The molecule has 20 heavy (non-hydrogen) atoms. The van der Waals surface area contributed by atoms with E-state index in [1.54, 1.807) is 18.2 Å². The molecule has 0 radical (unpaired) electrons. The highest BCUT2D eigenvalue weighted by Crippen LogP contribution is 2.09. The predicted molar refractivity (Wildman–Crippen MR) is 78.6 cm³/mol. The van der Waals surface area contributed by atoms with Gasteiger partial charge in [-0.05, 0) is 11.6 Å². The number of hydrogen-bond acceptors (Lipinski definition) is 2. The largest absolute Gasteiger partial charge is 0.370 e. The van der Waals surface area contributed by atoms with Gasteiger partial charge in [-0.2, -0.15) is 4.40 Å². The van der Waals surface area contributed by atoms with Crippen molar-refractivity contribution in [1.82, 2.24) is 0 Å². The summed E-state index contributed by atoms with van der Waals surface area (Å²) < 4.78 is 33.6. The van der Waals surface area contributed by atoms with Gasteiger partial charge in [0.15, 0.2) is 0 Å². The molecule has 0 heterocycles. The molecule has 0 aromatic heterocycles. The third-order valence-electron chi connectivity index (χ3n) is 2.70. The summed E-state index contributed by atoms with van der Waals surface area (Å²) in [6.45, 7) is 0.495. The molecular formula is C15H14FNO2S. The number of benzene rings is 2. The lowest BCUT2D eigenvalue weighted by Crippen LogP contribution is -2.12. The number of rotatable bonds is 6. The lowest BCUT2D eigenvalue weighted by molar-refractivity contribution is 0.158. The Labute approximate surface area is 120 Å². The van der Waals surface area contributed by atoms with Crippen LogP contribution in [0, 0.1) is 5.82 Å². The molecule has 0 amide bonds. The second kappa shape index (κ2) is 7.67. The zero-order valence-electron chi connectivity index (χ0n) is 10.7. The van der Waals surface area contributed by atoms with Gasteiger partial charge < -0.3 is 4.74 Å². The third kappa shape index (κ3) is 4.08. The quantitative estimate of drug-likeness (QED) is 0.656. The van der Waals surface area contributed by atoms with Crippen molar-refractivity contribution in [3.8, 4) is 0 Å². The van der Waals surface area contributed by atoms with Crippen LogP contribution in [0.3, 0.4) is 0 Å². The van der Waals surface area contributed by atoms with Crippen molar-refractivity contribution < 1.29 is 13.3 Å². The highest BCUT2D eigenvalue weighted by atomic mass is 32.2. The standard InChI is InChI=1S/C15H14FNO2S/c16-14-9-5-4-8-13(14)15(17-20-18)11-19-10-12-6-2-1-3-7-12/h1-9,20H,10-11H2/b17-15+. The summed E-state index contributed by atoms with van der Waals surface area (Å²) in [5.41, 5.74) is 1.65. The number of ether oxygens (including phenoxy) is 1. The Morgan fingerprint density at radius 1 is 1.10 bits per heavy atom. The maximum absolute atomic E-state index is 13.7. The molecule has 2 aromatic carbocycles. The van der Waals surface area contributed by atoms with Crippen molar-refractivity contribution in [2.24, 2.45) is 4.40 Å². The van der Waals surface area contributed by atoms with E-state index in [2.05, 4.69) is 4.40 Å². The van der Waals surface area contributed by atoms with Gasteiger partial charge in [0, 0.05) is 5.56 Å². The van der Waals surface area contributed by atoms with Crippen LogP contribution in [0.25, 0.3) is 0 Å². The number of thiol groups is 1. The molecule has 0 saturated heterocycles. The van der Waals surface area contributed by atoms with Gasteiger partial charge in [-0.1, -0.05) is 48.5 Å². The lowest BCUT2D eigenvalue weighted by atomic mass is 10.1. The third-order valence-corrected chi connectivity index (χ3v) is 3.02. The van der Waals surface area contributed by atoms with E-state index in [0.29, 0.717) is 17.9 Å². The second-order valence-corrected chi connectivity index (χ2v) is 4.45. The molecule has 0 spiro atoms. The summed E-state index contributed by atoms with van der Waals surface area (Å²) in [5.74, 6) is -0.404. The Bertz CT molecular complexity index is 602. The molecule has 104 valence electrons. The van der Waals surface area contributed by atoms with Gasteiger partial charge in [-0.25, -0.2) is 8.60 Å². The lowest BCUT2D eigenvalue weighted by Gasteiger charge is -2.08. The van der Waals surface area contributed by atoms with Gasteiger partial charge in [0.2, 0.25) is 0 Å². The molecule has 0 fully saturated rings. The maximum atomic E-state index is 13.7. The molecule has 2 aromatic rings. The highest BCUT2D eigenvalue weighted by Gasteiger charge is 2.09. The molecule has 0 aliphatic heterocycles. The van der Waals surface area contributed by atoms with E-state index in [0.717, 1.165) is 5.56 Å². The topological polar surface area (TPSA) is 38.7 Å². The minimum absolute atomic E-state index is 0.102. The molecule has 5 heteroatoms. The van der Waals surface area contributed by atoms with Crippen LogP contribution in [0.15, 0.2) is 59.0 Å². The Balaban J connectivity index is 2.03. The maximum Gasteiger partial charge on any atom is 0.132 e. The van der Waals surface area contributed by atoms with Crippen LogP contribution in [-0.2, 0) is 23.2 Å². The average Bonchev–Trinajstić information content (AvgIpc) is 2.48. The van der Waals surface area contributed by atoms with E-state index in [-0.39, 0.29) is 6.61 Å².